The number of rotatable bonds is 4. The minimum Gasteiger partial charge on any atom is -0.454 e. The van der Waals surface area contributed by atoms with Gasteiger partial charge in [-0.05, 0) is 50.6 Å². The van der Waals surface area contributed by atoms with Crippen LogP contribution < -0.4 is 20.1 Å². The maximum atomic E-state index is 12.8. The molecule has 1 aliphatic rings. The molecule has 0 spiro atoms. The van der Waals surface area contributed by atoms with Crippen molar-refractivity contribution in [3.05, 3.63) is 59.7 Å². The van der Waals surface area contributed by atoms with Crippen LogP contribution in [0.1, 0.15) is 47.4 Å². The van der Waals surface area contributed by atoms with Gasteiger partial charge < -0.3 is 20.1 Å². The van der Waals surface area contributed by atoms with E-state index in [2.05, 4.69) is 15.6 Å². The first-order valence-electron chi connectivity index (χ1n) is 9.28. The molecule has 150 valence electrons. The maximum Gasteiger partial charge on any atom is 0.287 e. The number of hydrogen-bond donors (Lipinski definition) is 2. The first-order chi connectivity index (χ1) is 13.8. The number of aromatic nitrogens is 2. The van der Waals surface area contributed by atoms with E-state index in [0.717, 1.165) is 5.56 Å². The van der Waals surface area contributed by atoms with Crippen molar-refractivity contribution < 1.29 is 19.1 Å². The number of fused-ring (bicyclic) bond motifs is 2. The van der Waals surface area contributed by atoms with Gasteiger partial charge in [0, 0.05) is 18.3 Å². The third-order valence-corrected chi connectivity index (χ3v) is 4.35. The summed E-state index contributed by atoms with van der Waals surface area (Å²) >= 11 is 0. The average Bonchev–Trinajstić information content (AvgIpc) is 3.29. The van der Waals surface area contributed by atoms with E-state index in [4.69, 9.17) is 9.47 Å². The monoisotopic (exact) mass is 394 g/mol. The highest BCUT2D eigenvalue weighted by Gasteiger charge is 2.24. The Labute approximate surface area is 167 Å². The van der Waals surface area contributed by atoms with E-state index in [-0.39, 0.29) is 30.1 Å². The smallest absolute Gasteiger partial charge is 0.287 e. The first-order valence-corrected chi connectivity index (χ1v) is 9.28. The molecule has 0 bridgehead atoms. The molecule has 3 aromatic rings. The van der Waals surface area contributed by atoms with Crippen molar-refractivity contribution in [1.29, 1.82) is 0 Å². The van der Waals surface area contributed by atoms with Crippen molar-refractivity contribution in [2.24, 2.45) is 0 Å². The van der Waals surface area contributed by atoms with Crippen molar-refractivity contribution in [2.45, 2.75) is 32.9 Å². The fourth-order valence-electron chi connectivity index (χ4n) is 3.08. The second kappa shape index (κ2) is 7.12. The molecule has 0 saturated carbocycles. The molecular weight excluding hydrogens is 372 g/mol. The van der Waals surface area contributed by atoms with Gasteiger partial charge in [-0.15, -0.1) is 0 Å². The fraction of sp³-hybridized carbons (Fsp3) is 0.286. The standard InChI is InChI=1S/C21H22N4O4/c1-21(2,3)24-19(26)17-14-6-4-5-9-25(14)18(23-17)20(27)22-11-13-7-8-15-16(10-13)29-12-28-15/h4-10H,11-12H2,1-3H3,(H,22,27)(H,24,26). The topological polar surface area (TPSA) is 94.0 Å². The number of ether oxygens (including phenoxy) is 2. The van der Waals surface area contributed by atoms with Gasteiger partial charge in [0.25, 0.3) is 11.8 Å². The Kier molecular flexibility index (Phi) is 4.62. The minimum absolute atomic E-state index is 0.153. The maximum absolute atomic E-state index is 12.8. The number of hydrogen-bond acceptors (Lipinski definition) is 5. The zero-order valence-corrected chi connectivity index (χ0v) is 16.5. The number of imidazole rings is 1. The van der Waals surface area contributed by atoms with E-state index in [9.17, 15) is 9.59 Å². The van der Waals surface area contributed by atoms with Gasteiger partial charge in [-0.25, -0.2) is 4.98 Å². The van der Waals surface area contributed by atoms with Crippen molar-refractivity contribution in [3.8, 4) is 11.5 Å². The third-order valence-electron chi connectivity index (χ3n) is 4.35. The van der Waals surface area contributed by atoms with Crippen LogP contribution in [0, 0.1) is 0 Å². The van der Waals surface area contributed by atoms with Gasteiger partial charge in [0.05, 0.1) is 5.52 Å². The summed E-state index contributed by atoms with van der Waals surface area (Å²) in [5.74, 6) is 0.799. The molecule has 0 fully saturated rings. The number of nitrogens with one attached hydrogen (secondary N) is 2. The van der Waals surface area contributed by atoms with E-state index >= 15 is 0 Å². The molecule has 29 heavy (non-hydrogen) atoms. The summed E-state index contributed by atoms with van der Waals surface area (Å²) in [6.45, 7) is 6.16. The number of carbonyl (C=O) groups excluding carboxylic acids is 2. The number of pyridine rings is 1. The lowest BCUT2D eigenvalue weighted by Crippen LogP contribution is -2.40. The minimum atomic E-state index is -0.413. The Balaban J connectivity index is 1.57. The van der Waals surface area contributed by atoms with Crippen molar-refractivity contribution >= 4 is 17.3 Å². The van der Waals surface area contributed by atoms with Crippen LogP contribution in [0.25, 0.3) is 5.52 Å². The van der Waals surface area contributed by atoms with Crippen molar-refractivity contribution in [1.82, 2.24) is 20.0 Å². The Bertz CT molecular complexity index is 1100. The summed E-state index contributed by atoms with van der Waals surface area (Å²) in [4.78, 5) is 29.8. The van der Waals surface area contributed by atoms with Gasteiger partial charge in [0.1, 0.15) is 0 Å². The molecule has 2 N–H and O–H groups in total. The summed E-state index contributed by atoms with van der Waals surface area (Å²) < 4.78 is 12.3. The molecule has 0 unspecified atom stereocenters. The Morgan fingerprint density at radius 1 is 1.10 bits per heavy atom. The van der Waals surface area contributed by atoms with E-state index in [1.807, 2.05) is 39.0 Å². The summed E-state index contributed by atoms with van der Waals surface area (Å²) in [7, 11) is 0. The third kappa shape index (κ3) is 3.87. The van der Waals surface area contributed by atoms with Crippen molar-refractivity contribution in [3.63, 3.8) is 0 Å². The Morgan fingerprint density at radius 3 is 2.69 bits per heavy atom. The summed E-state index contributed by atoms with van der Waals surface area (Å²) in [6.07, 6.45) is 1.71. The zero-order valence-electron chi connectivity index (χ0n) is 16.5. The van der Waals surface area contributed by atoms with E-state index in [0.29, 0.717) is 23.6 Å². The highest BCUT2D eigenvalue weighted by Crippen LogP contribution is 2.32. The lowest BCUT2D eigenvalue weighted by molar-refractivity contribution is 0.0916. The van der Waals surface area contributed by atoms with Crippen LogP contribution >= 0.6 is 0 Å². The Hall–Kier alpha value is -3.55. The Morgan fingerprint density at radius 2 is 1.90 bits per heavy atom. The van der Waals surface area contributed by atoms with Crippen LogP contribution in [0.4, 0.5) is 0 Å². The molecule has 2 amide bonds. The molecule has 0 radical (unpaired) electrons. The second-order valence-electron chi connectivity index (χ2n) is 7.81. The predicted molar refractivity (Wildman–Crippen MR) is 106 cm³/mol. The van der Waals surface area contributed by atoms with Crippen molar-refractivity contribution in [2.75, 3.05) is 6.79 Å². The molecule has 2 aromatic heterocycles. The van der Waals surface area contributed by atoms with Crippen LogP contribution in [0.5, 0.6) is 11.5 Å². The summed E-state index contributed by atoms with van der Waals surface area (Å²) in [5, 5.41) is 5.74. The number of carbonyl (C=O) groups is 2. The van der Waals surface area contributed by atoms with E-state index < -0.39 is 5.54 Å². The SMILES string of the molecule is CC(C)(C)NC(=O)c1nc(C(=O)NCc2ccc3c(c2)OCO3)n2ccccc12. The lowest BCUT2D eigenvalue weighted by Gasteiger charge is -2.19. The highest BCUT2D eigenvalue weighted by molar-refractivity contribution is 6.02. The van der Waals surface area contributed by atoms with Gasteiger partial charge in [0.2, 0.25) is 12.6 Å². The molecule has 4 rings (SSSR count). The molecule has 0 saturated heterocycles. The molecule has 0 aliphatic carbocycles. The van der Waals surface area contributed by atoms with Crippen LogP contribution in [0.2, 0.25) is 0 Å². The molecule has 8 nitrogen and oxygen atoms in total. The number of nitrogens with zero attached hydrogens (tertiary/aromatic N) is 2. The molecule has 1 aromatic carbocycles. The quantitative estimate of drug-likeness (QED) is 0.709. The second-order valence-corrected chi connectivity index (χ2v) is 7.81. The van der Waals surface area contributed by atoms with Crippen LogP contribution in [0.3, 0.4) is 0 Å². The molecular formula is C21H22N4O4. The molecule has 8 heteroatoms. The predicted octanol–water partition coefficient (Wildman–Crippen LogP) is 2.52. The molecule has 1 aliphatic heterocycles. The fourth-order valence-corrected chi connectivity index (χ4v) is 3.08. The molecule has 0 atom stereocenters. The first kappa shape index (κ1) is 18.8. The van der Waals surface area contributed by atoms with E-state index in [1.165, 1.54) is 0 Å². The van der Waals surface area contributed by atoms with Crippen LogP contribution in [-0.4, -0.2) is 33.5 Å². The largest absolute Gasteiger partial charge is 0.454 e. The van der Waals surface area contributed by atoms with Crippen LogP contribution in [-0.2, 0) is 6.54 Å². The zero-order chi connectivity index (χ0) is 20.6. The number of benzene rings is 1. The lowest BCUT2D eigenvalue weighted by atomic mass is 10.1. The summed E-state index contributed by atoms with van der Waals surface area (Å²) in [5.41, 5.74) is 1.24. The van der Waals surface area contributed by atoms with Crippen LogP contribution in [0.15, 0.2) is 42.6 Å². The van der Waals surface area contributed by atoms with Gasteiger partial charge in [-0.3, -0.25) is 14.0 Å². The van der Waals surface area contributed by atoms with Gasteiger partial charge in [-0.1, -0.05) is 12.1 Å². The van der Waals surface area contributed by atoms with Gasteiger partial charge >= 0.3 is 0 Å². The average molecular weight is 394 g/mol. The molecule has 3 heterocycles. The van der Waals surface area contributed by atoms with E-state index in [1.54, 1.807) is 28.8 Å². The highest BCUT2D eigenvalue weighted by atomic mass is 16.7. The number of amides is 2. The normalized spacial score (nSPS) is 12.8. The van der Waals surface area contributed by atoms with Gasteiger partial charge in [-0.2, -0.15) is 0 Å². The summed E-state index contributed by atoms with van der Waals surface area (Å²) in [6, 6.07) is 10.9. The van der Waals surface area contributed by atoms with Gasteiger partial charge in [0.15, 0.2) is 17.2 Å².